The summed E-state index contributed by atoms with van der Waals surface area (Å²) < 4.78 is 13.9. The van der Waals surface area contributed by atoms with Crippen molar-refractivity contribution in [3.05, 3.63) is 29.8 Å². The molecule has 1 atom stereocenters. The van der Waals surface area contributed by atoms with Gasteiger partial charge in [0.05, 0.1) is 4.90 Å². The Morgan fingerprint density at radius 1 is 1.14 bits per heavy atom. The van der Waals surface area contributed by atoms with Gasteiger partial charge in [-0.3, -0.25) is 0 Å². The normalized spacial score (nSPS) is 13.1. The van der Waals surface area contributed by atoms with Gasteiger partial charge in [-0.1, -0.05) is 31.5 Å². The second-order valence-corrected chi connectivity index (χ2v) is 4.66. The Kier molecular flexibility index (Phi) is 4.29. The van der Waals surface area contributed by atoms with Crippen LogP contribution in [0.5, 0.6) is 0 Å². The molecule has 1 unspecified atom stereocenters. The Balaban J connectivity index is 2.83. The lowest BCUT2D eigenvalue weighted by molar-refractivity contribution is 0.489. The Hall–Kier alpha value is -0.670. The van der Waals surface area contributed by atoms with Crippen LogP contribution in [0.15, 0.2) is 29.2 Å². The quantitative estimate of drug-likeness (QED) is 0.748. The van der Waals surface area contributed by atoms with Crippen molar-refractivity contribution in [2.45, 2.75) is 25.7 Å². The van der Waals surface area contributed by atoms with Crippen molar-refractivity contribution >= 4 is 11.0 Å². The first-order valence-electron chi connectivity index (χ1n) is 4.92. The van der Waals surface area contributed by atoms with Gasteiger partial charge in [0.25, 0.3) is 0 Å². The number of benzene rings is 1. The van der Waals surface area contributed by atoms with E-state index in [1.165, 1.54) is 5.56 Å². The molecule has 0 N–H and O–H groups in total. The molecule has 0 bridgehead atoms. The molecule has 0 aliphatic heterocycles. The molecule has 0 heterocycles. The predicted octanol–water partition coefficient (Wildman–Crippen LogP) is 2.36. The minimum atomic E-state index is -0.996. The third-order valence-electron chi connectivity index (χ3n) is 2.16. The largest absolute Gasteiger partial charge is 0.237 e. The smallest absolute Gasteiger partial charge is 0.127 e. The van der Waals surface area contributed by atoms with Crippen molar-refractivity contribution < 1.29 is 4.21 Å². The Labute approximate surface area is 88.5 Å². The number of aryl methyl sites for hydroxylation is 1. The Morgan fingerprint density at radius 2 is 1.64 bits per heavy atom. The van der Waals surface area contributed by atoms with Crippen LogP contribution >= 0.6 is 0 Å². The lowest BCUT2D eigenvalue weighted by Gasteiger charge is -2.16. The summed E-state index contributed by atoms with van der Waals surface area (Å²) in [4.78, 5) is 0.888. The molecule has 1 rings (SSSR count). The van der Waals surface area contributed by atoms with E-state index in [0.29, 0.717) is 0 Å². The van der Waals surface area contributed by atoms with E-state index >= 15 is 0 Å². The monoisotopic (exact) mass is 211 g/mol. The fourth-order valence-electron chi connectivity index (χ4n) is 1.26. The molecular formula is C11H17NOS. The summed E-state index contributed by atoms with van der Waals surface area (Å²) in [6.45, 7) is 7.71. The predicted molar refractivity (Wildman–Crippen MR) is 60.5 cm³/mol. The summed E-state index contributed by atoms with van der Waals surface area (Å²) in [5.74, 6) is 0. The summed E-state index contributed by atoms with van der Waals surface area (Å²) in [6, 6.07) is 7.86. The summed E-state index contributed by atoms with van der Waals surface area (Å²) in [7, 11) is -0.996. The van der Waals surface area contributed by atoms with Crippen molar-refractivity contribution in [3.8, 4) is 0 Å². The van der Waals surface area contributed by atoms with Crippen LogP contribution in [0.4, 0.5) is 0 Å². The standard InChI is InChI=1S/C11H17NOS/c1-4-12(5-2)14(13)11-8-6-10(3)7-9-11/h6-9H,4-5H2,1-3H3. The summed E-state index contributed by atoms with van der Waals surface area (Å²) in [6.07, 6.45) is 0. The first-order valence-corrected chi connectivity index (χ1v) is 6.03. The van der Waals surface area contributed by atoms with Gasteiger partial charge >= 0.3 is 0 Å². The second kappa shape index (κ2) is 5.27. The molecule has 3 heteroatoms. The second-order valence-electron chi connectivity index (χ2n) is 3.18. The maximum absolute atomic E-state index is 12.0. The van der Waals surface area contributed by atoms with Gasteiger partial charge in [0.15, 0.2) is 0 Å². The van der Waals surface area contributed by atoms with Crippen LogP contribution in [-0.2, 0) is 11.0 Å². The van der Waals surface area contributed by atoms with E-state index in [0.717, 1.165) is 18.0 Å². The molecule has 0 saturated carbocycles. The van der Waals surface area contributed by atoms with E-state index in [1.807, 2.05) is 49.3 Å². The molecule has 0 spiro atoms. The zero-order valence-electron chi connectivity index (χ0n) is 8.99. The fraction of sp³-hybridized carbons (Fsp3) is 0.455. The van der Waals surface area contributed by atoms with Crippen molar-refractivity contribution in [1.82, 2.24) is 4.31 Å². The molecule has 0 saturated heterocycles. The van der Waals surface area contributed by atoms with Gasteiger partial charge in [-0.2, -0.15) is 0 Å². The van der Waals surface area contributed by atoms with Crippen molar-refractivity contribution in [3.63, 3.8) is 0 Å². The molecule has 0 fully saturated rings. The zero-order valence-corrected chi connectivity index (χ0v) is 9.80. The van der Waals surface area contributed by atoms with Gasteiger partial charge < -0.3 is 0 Å². The first-order chi connectivity index (χ1) is 6.69. The molecule has 0 radical (unpaired) electrons. The van der Waals surface area contributed by atoms with E-state index in [9.17, 15) is 4.21 Å². The molecule has 1 aromatic carbocycles. The number of rotatable bonds is 4. The molecule has 0 aliphatic rings. The van der Waals surface area contributed by atoms with Crippen molar-refractivity contribution in [2.24, 2.45) is 0 Å². The highest BCUT2D eigenvalue weighted by Crippen LogP contribution is 2.11. The van der Waals surface area contributed by atoms with Gasteiger partial charge in [-0.05, 0) is 19.1 Å². The van der Waals surface area contributed by atoms with E-state index in [2.05, 4.69) is 0 Å². The lowest BCUT2D eigenvalue weighted by atomic mass is 10.2. The fourth-order valence-corrected chi connectivity index (χ4v) is 2.40. The molecule has 0 amide bonds. The summed E-state index contributed by atoms with van der Waals surface area (Å²) >= 11 is 0. The minimum Gasteiger partial charge on any atom is -0.237 e. The van der Waals surface area contributed by atoms with Crippen LogP contribution < -0.4 is 0 Å². The summed E-state index contributed by atoms with van der Waals surface area (Å²) in [5, 5.41) is 0. The van der Waals surface area contributed by atoms with Gasteiger partial charge in [0.1, 0.15) is 11.0 Å². The zero-order chi connectivity index (χ0) is 10.6. The van der Waals surface area contributed by atoms with E-state index in [-0.39, 0.29) is 0 Å². The first kappa shape index (κ1) is 11.4. The molecule has 1 aromatic rings. The van der Waals surface area contributed by atoms with Gasteiger partial charge in [-0.25, -0.2) is 8.51 Å². The Morgan fingerprint density at radius 3 is 2.07 bits per heavy atom. The maximum atomic E-state index is 12.0. The number of hydrogen-bond donors (Lipinski definition) is 0. The molecule has 14 heavy (non-hydrogen) atoms. The topological polar surface area (TPSA) is 20.3 Å². The van der Waals surface area contributed by atoms with Gasteiger partial charge in [0.2, 0.25) is 0 Å². The van der Waals surface area contributed by atoms with Crippen molar-refractivity contribution in [2.75, 3.05) is 13.1 Å². The third-order valence-corrected chi connectivity index (χ3v) is 3.82. The molecular weight excluding hydrogens is 194 g/mol. The SMILES string of the molecule is CCN(CC)S(=O)c1ccc(C)cc1. The third kappa shape index (κ3) is 2.66. The number of nitrogens with zero attached hydrogens (tertiary/aromatic N) is 1. The average Bonchev–Trinajstić information content (AvgIpc) is 2.20. The van der Waals surface area contributed by atoms with Crippen LogP contribution in [0.3, 0.4) is 0 Å². The van der Waals surface area contributed by atoms with Crippen LogP contribution in [-0.4, -0.2) is 21.6 Å². The number of hydrogen-bond acceptors (Lipinski definition) is 1. The molecule has 78 valence electrons. The van der Waals surface area contributed by atoms with Crippen LogP contribution in [0.1, 0.15) is 19.4 Å². The maximum Gasteiger partial charge on any atom is 0.127 e. The van der Waals surface area contributed by atoms with E-state index in [1.54, 1.807) is 0 Å². The summed E-state index contributed by atoms with van der Waals surface area (Å²) in [5.41, 5.74) is 1.20. The van der Waals surface area contributed by atoms with Gasteiger partial charge in [0, 0.05) is 13.1 Å². The van der Waals surface area contributed by atoms with E-state index in [4.69, 9.17) is 0 Å². The lowest BCUT2D eigenvalue weighted by Crippen LogP contribution is -2.25. The van der Waals surface area contributed by atoms with Crippen LogP contribution in [0.25, 0.3) is 0 Å². The minimum absolute atomic E-state index is 0.816. The van der Waals surface area contributed by atoms with Crippen LogP contribution in [0, 0.1) is 6.92 Å². The highest BCUT2D eigenvalue weighted by Gasteiger charge is 2.10. The Bertz CT molecular complexity index is 304. The molecule has 2 nitrogen and oxygen atoms in total. The highest BCUT2D eigenvalue weighted by molar-refractivity contribution is 7.82. The van der Waals surface area contributed by atoms with Crippen molar-refractivity contribution in [1.29, 1.82) is 0 Å². The van der Waals surface area contributed by atoms with E-state index < -0.39 is 11.0 Å². The van der Waals surface area contributed by atoms with Crippen LogP contribution in [0.2, 0.25) is 0 Å². The molecule has 0 aliphatic carbocycles. The average molecular weight is 211 g/mol. The highest BCUT2D eigenvalue weighted by atomic mass is 32.2. The molecule has 0 aromatic heterocycles. The van der Waals surface area contributed by atoms with Gasteiger partial charge in [-0.15, -0.1) is 0 Å².